The van der Waals surface area contributed by atoms with E-state index in [0.717, 1.165) is 0 Å². The summed E-state index contributed by atoms with van der Waals surface area (Å²) in [4.78, 5) is 16.6. The summed E-state index contributed by atoms with van der Waals surface area (Å²) in [7, 11) is 0. The summed E-state index contributed by atoms with van der Waals surface area (Å²) in [6.07, 6.45) is 4.21. The van der Waals surface area contributed by atoms with Crippen molar-refractivity contribution in [2.45, 2.75) is 19.4 Å². The molecule has 5 nitrogen and oxygen atoms in total. The van der Waals surface area contributed by atoms with Crippen LogP contribution in [-0.2, 0) is 4.79 Å². The molecule has 1 amide bonds. The minimum atomic E-state index is -0.259. The van der Waals surface area contributed by atoms with E-state index in [2.05, 4.69) is 5.10 Å². The molecule has 1 saturated heterocycles. The average Bonchev–Trinajstić information content (AvgIpc) is 3.10. The molecule has 122 valence electrons. The van der Waals surface area contributed by atoms with Crippen molar-refractivity contribution >= 4 is 11.6 Å². The summed E-state index contributed by atoms with van der Waals surface area (Å²) in [5.41, 5.74) is 0.610. The lowest BCUT2D eigenvalue weighted by atomic mass is 10.1. The van der Waals surface area contributed by atoms with Gasteiger partial charge in [0.2, 0.25) is 5.91 Å². The van der Waals surface area contributed by atoms with Crippen molar-refractivity contribution in [1.29, 1.82) is 0 Å². The number of para-hydroxylation sites is 1. The fraction of sp³-hybridized carbons (Fsp3) is 0.412. The Kier molecular flexibility index (Phi) is 4.60. The van der Waals surface area contributed by atoms with Crippen molar-refractivity contribution in [2.24, 2.45) is 0 Å². The number of carbonyl (C=O) groups excluding carboxylic acids is 1. The van der Waals surface area contributed by atoms with Crippen molar-refractivity contribution in [1.82, 2.24) is 14.7 Å². The molecule has 2 heterocycles. The number of rotatable bonds is 4. The normalized spacial score (nSPS) is 16.4. The summed E-state index contributed by atoms with van der Waals surface area (Å²) in [5, 5.41) is 4.19. The van der Waals surface area contributed by atoms with E-state index in [0.29, 0.717) is 38.3 Å². The molecule has 0 radical (unpaired) electrons. The fourth-order valence-corrected chi connectivity index (χ4v) is 3.03. The van der Waals surface area contributed by atoms with Gasteiger partial charge in [0, 0.05) is 38.6 Å². The third-order valence-electron chi connectivity index (χ3n) is 4.30. The van der Waals surface area contributed by atoms with Gasteiger partial charge in [0.05, 0.1) is 5.69 Å². The minimum absolute atomic E-state index is 0.0874. The number of aromatic nitrogens is 2. The molecule has 0 spiro atoms. The maximum Gasteiger partial charge on any atom is 0.247 e. The van der Waals surface area contributed by atoms with E-state index in [9.17, 15) is 9.18 Å². The molecule has 0 bridgehead atoms. The van der Waals surface area contributed by atoms with Crippen LogP contribution in [0.25, 0.3) is 0 Å². The highest BCUT2D eigenvalue weighted by Gasteiger charge is 2.28. The van der Waals surface area contributed by atoms with E-state index in [1.54, 1.807) is 23.0 Å². The minimum Gasteiger partial charge on any atom is -0.366 e. The molecule has 6 heteroatoms. The van der Waals surface area contributed by atoms with Crippen LogP contribution in [0.15, 0.2) is 42.7 Å². The quantitative estimate of drug-likeness (QED) is 0.869. The number of amides is 1. The molecule has 1 aromatic carbocycles. The number of hydrogen-bond acceptors (Lipinski definition) is 3. The molecule has 3 rings (SSSR count). The van der Waals surface area contributed by atoms with Crippen LogP contribution < -0.4 is 4.90 Å². The third-order valence-corrected chi connectivity index (χ3v) is 4.30. The van der Waals surface area contributed by atoms with E-state index < -0.39 is 0 Å². The lowest BCUT2D eigenvalue weighted by molar-refractivity contribution is -0.135. The summed E-state index contributed by atoms with van der Waals surface area (Å²) in [6, 6.07) is 8.34. The molecule has 0 saturated carbocycles. The largest absolute Gasteiger partial charge is 0.366 e. The maximum atomic E-state index is 13.9. The van der Waals surface area contributed by atoms with Gasteiger partial charge in [0.25, 0.3) is 0 Å². The summed E-state index contributed by atoms with van der Waals surface area (Å²) >= 11 is 0. The second-order valence-electron chi connectivity index (χ2n) is 5.67. The van der Waals surface area contributed by atoms with E-state index in [4.69, 9.17) is 0 Å². The lowest BCUT2D eigenvalue weighted by Gasteiger charge is -2.37. The van der Waals surface area contributed by atoms with Gasteiger partial charge in [-0.3, -0.25) is 9.48 Å². The van der Waals surface area contributed by atoms with Crippen LogP contribution in [0.4, 0.5) is 10.1 Å². The molecule has 2 aromatic rings. The zero-order valence-corrected chi connectivity index (χ0v) is 13.2. The summed E-state index contributed by atoms with van der Waals surface area (Å²) < 4.78 is 15.6. The summed E-state index contributed by atoms with van der Waals surface area (Å²) in [6.45, 7) is 4.47. The average molecular weight is 316 g/mol. The standard InChI is InChI=1S/C17H21FN4O/c1-2-15(22-9-5-8-19-22)17(23)21-12-10-20(11-13-21)16-7-4-3-6-14(16)18/h3-9,15H,2,10-13H2,1H3. The van der Waals surface area contributed by atoms with Crippen LogP contribution in [-0.4, -0.2) is 46.8 Å². The Hall–Kier alpha value is -2.37. The number of anilines is 1. The predicted molar refractivity (Wildman–Crippen MR) is 86.7 cm³/mol. The van der Waals surface area contributed by atoms with Gasteiger partial charge in [-0.05, 0) is 24.6 Å². The Labute approximate surface area is 135 Å². The number of carbonyl (C=O) groups is 1. The van der Waals surface area contributed by atoms with Crippen molar-refractivity contribution in [2.75, 3.05) is 31.1 Å². The molecular weight excluding hydrogens is 295 g/mol. The number of piperazine rings is 1. The van der Waals surface area contributed by atoms with E-state index in [1.807, 2.05) is 35.1 Å². The highest BCUT2D eigenvalue weighted by molar-refractivity contribution is 5.80. The topological polar surface area (TPSA) is 41.4 Å². The highest BCUT2D eigenvalue weighted by Crippen LogP contribution is 2.21. The van der Waals surface area contributed by atoms with Crippen LogP contribution in [0.3, 0.4) is 0 Å². The lowest BCUT2D eigenvalue weighted by Crippen LogP contribution is -2.50. The van der Waals surface area contributed by atoms with Gasteiger partial charge in [-0.2, -0.15) is 5.10 Å². The SMILES string of the molecule is CCC(C(=O)N1CCN(c2ccccc2F)CC1)n1cccn1. The monoisotopic (exact) mass is 316 g/mol. The van der Waals surface area contributed by atoms with Gasteiger partial charge in [-0.25, -0.2) is 4.39 Å². The molecule has 0 N–H and O–H groups in total. The van der Waals surface area contributed by atoms with Gasteiger partial charge >= 0.3 is 0 Å². The first-order chi connectivity index (χ1) is 11.2. The van der Waals surface area contributed by atoms with Gasteiger partial charge in [-0.15, -0.1) is 0 Å². The Bertz CT molecular complexity index is 650. The molecule has 1 fully saturated rings. The maximum absolute atomic E-state index is 13.9. The molecule has 1 unspecified atom stereocenters. The van der Waals surface area contributed by atoms with Crippen LogP contribution in [0.2, 0.25) is 0 Å². The Morgan fingerprint density at radius 3 is 2.57 bits per heavy atom. The second kappa shape index (κ2) is 6.81. The van der Waals surface area contributed by atoms with Crippen LogP contribution in [0.1, 0.15) is 19.4 Å². The van der Waals surface area contributed by atoms with Crippen LogP contribution in [0.5, 0.6) is 0 Å². The Morgan fingerprint density at radius 2 is 1.96 bits per heavy atom. The molecule has 1 aliphatic heterocycles. The van der Waals surface area contributed by atoms with Crippen LogP contribution in [0, 0.1) is 5.82 Å². The van der Waals surface area contributed by atoms with Crippen molar-refractivity contribution in [3.63, 3.8) is 0 Å². The third kappa shape index (κ3) is 3.21. The van der Waals surface area contributed by atoms with Crippen molar-refractivity contribution < 1.29 is 9.18 Å². The highest BCUT2D eigenvalue weighted by atomic mass is 19.1. The first kappa shape index (κ1) is 15.5. The molecule has 0 aliphatic carbocycles. The molecule has 1 aliphatic rings. The summed E-state index contributed by atoms with van der Waals surface area (Å²) in [5.74, 6) is -0.125. The van der Waals surface area contributed by atoms with E-state index in [-0.39, 0.29) is 17.8 Å². The van der Waals surface area contributed by atoms with E-state index >= 15 is 0 Å². The Balaban J connectivity index is 1.64. The van der Waals surface area contributed by atoms with Gasteiger partial charge in [-0.1, -0.05) is 19.1 Å². The number of hydrogen-bond donors (Lipinski definition) is 0. The Morgan fingerprint density at radius 1 is 1.22 bits per heavy atom. The van der Waals surface area contributed by atoms with Crippen LogP contribution >= 0.6 is 0 Å². The molecule has 1 atom stereocenters. The van der Waals surface area contributed by atoms with Crippen molar-refractivity contribution in [3.05, 3.63) is 48.5 Å². The van der Waals surface area contributed by atoms with Gasteiger partial charge < -0.3 is 9.80 Å². The van der Waals surface area contributed by atoms with Gasteiger partial charge in [0.15, 0.2) is 0 Å². The first-order valence-electron chi connectivity index (χ1n) is 7.98. The zero-order chi connectivity index (χ0) is 16.2. The number of benzene rings is 1. The first-order valence-corrected chi connectivity index (χ1v) is 7.98. The molecular formula is C17H21FN4O. The van der Waals surface area contributed by atoms with E-state index in [1.165, 1.54) is 6.07 Å². The fourth-order valence-electron chi connectivity index (χ4n) is 3.03. The number of halogens is 1. The van der Waals surface area contributed by atoms with Crippen molar-refractivity contribution in [3.8, 4) is 0 Å². The zero-order valence-electron chi connectivity index (χ0n) is 13.2. The molecule has 23 heavy (non-hydrogen) atoms. The smallest absolute Gasteiger partial charge is 0.247 e. The second-order valence-corrected chi connectivity index (χ2v) is 5.67. The number of nitrogens with zero attached hydrogens (tertiary/aromatic N) is 4. The molecule has 1 aromatic heterocycles. The van der Waals surface area contributed by atoms with Gasteiger partial charge in [0.1, 0.15) is 11.9 Å². The predicted octanol–water partition coefficient (Wildman–Crippen LogP) is 2.32.